The fourth-order valence-electron chi connectivity index (χ4n) is 2.68. The lowest BCUT2D eigenvalue weighted by Gasteiger charge is -2.18. The van der Waals surface area contributed by atoms with E-state index in [0.717, 1.165) is 5.39 Å². The zero-order valence-electron chi connectivity index (χ0n) is 14.1. The summed E-state index contributed by atoms with van der Waals surface area (Å²) in [6.07, 6.45) is 1.27. The third kappa shape index (κ3) is 3.15. The molecule has 2 heterocycles. The maximum atomic E-state index is 12.1. The van der Waals surface area contributed by atoms with E-state index < -0.39 is 6.04 Å². The average Bonchev–Trinajstić information content (AvgIpc) is 2.61. The van der Waals surface area contributed by atoms with Crippen LogP contribution in [0.4, 0.5) is 11.6 Å². The minimum absolute atomic E-state index is 0.0820. The summed E-state index contributed by atoms with van der Waals surface area (Å²) in [6.45, 7) is 3.30. The van der Waals surface area contributed by atoms with Gasteiger partial charge in [-0.3, -0.25) is 4.79 Å². The van der Waals surface area contributed by atoms with Crippen molar-refractivity contribution in [2.45, 2.75) is 19.9 Å². The van der Waals surface area contributed by atoms with E-state index >= 15 is 0 Å². The highest BCUT2D eigenvalue weighted by Crippen LogP contribution is 2.29. The van der Waals surface area contributed by atoms with E-state index in [2.05, 4.69) is 20.3 Å². The Morgan fingerprint density at radius 3 is 2.85 bits per heavy atom. The number of pyridine rings is 1. The number of para-hydroxylation sites is 1. The van der Waals surface area contributed by atoms with Gasteiger partial charge in [-0.05, 0) is 26.0 Å². The van der Waals surface area contributed by atoms with Gasteiger partial charge in [-0.15, -0.1) is 0 Å². The van der Waals surface area contributed by atoms with Gasteiger partial charge in [0.05, 0.1) is 22.3 Å². The van der Waals surface area contributed by atoms with E-state index in [0.29, 0.717) is 21.8 Å². The molecule has 0 aliphatic heterocycles. The summed E-state index contributed by atoms with van der Waals surface area (Å²) < 4.78 is 0. The molecule has 0 saturated carbocycles. The highest BCUT2D eigenvalue weighted by atomic mass is 35.5. The molecule has 3 N–H and O–H groups in total. The predicted octanol–water partition coefficient (Wildman–Crippen LogP) is 3.51. The van der Waals surface area contributed by atoms with Crippen LogP contribution in [0.2, 0.25) is 5.02 Å². The summed E-state index contributed by atoms with van der Waals surface area (Å²) in [5, 5.41) is 13.6. The first-order chi connectivity index (χ1) is 12.4. The van der Waals surface area contributed by atoms with Crippen molar-refractivity contribution < 1.29 is 4.79 Å². The van der Waals surface area contributed by atoms with Crippen molar-refractivity contribution in [3.05, 3.63) is 52.4 Å². The number of Topliss-reactive ketones (excluding diaryl/α,β-unsaturated/α-hetero) is 1. The Kier molecular flexibility index (Phi) is 4.69. The molecule has 3 aromatic rings. The number of benzene rings is 1. The molecule has 2 aromatic heterocycles. The Morgan fingerprint density at radius 1 is 1.38 bits per heavy atom. The van der Waals surface area contributed by atoms with Gasteiger partial charge in [0, 0.05) is 10.9 Å². The number of nitrogens with zero attached hydrogens (tertiary/aromatic N) is 4. The molecule has 130 valence electrons. The first-order valence-corrected chi connectivity index (χ1v) is 8.17. The molecule has 0 aliphatic carbocycles. The SMILES string of the molecule is CC(=O)c1cc2cccc(Cl)c2nc1[C@H](C)Nc1ncnc(N)c1C#N. The van der Waals surface area contributed by atoms with Crippen LogP contribution in [0.15, 0.2) is 30.6 Å². The number of nitriles is 1. The van der Waals surface area contributed by atoms with Crippen molar-refractivity contribution in [2.24, 2.45) is 0 Å². The van der Waals surface area contributed by atoms with Gasteiger partial charge in [0.2, 0.25) is 0 Å². The van der Waals surface area contributed by atoms with E-state index in [1.807, 2.05) is 19.1 Å². The van der Waals surface area contributed by atoms with Crippen LogP contribution in [0.25, 0.3) is 10.9 Å². The largest absolute Gasteiger partial charge is 0.382 e. The maximum Gasteiger partial charge on any atom is 0.161 e. The smallest absolute Gasteiger partial charge is 0.161 e. The summed E-state index contributed by atoms with van der Waals surface area (Å²) in [5.41, 5.74) is 7.45. The predicted molar refractivity (Wildman–Crippen MR) is 100.0 cm³/mol. The second kappa shape index (κ2) is 6.94. The van der Waals surface area contributed by atoms with Gasteiger partial charge in [-0.25, -0.2) is 15.0 Å². The molecule has 1 aromatic carbocycles. The molecule has 7 nitrogen and oxygen atoms in total. The zero-order chi connectivity index (χ0) is 18.8. The van der Waals surface area contributed by atoms with Gasteiger partial charge in [0.25, 0.3) is 0 Å². The van der Waals surface area contributed by atoms with Gasteiger partial charge < -0.3 is 11.1 Å². The summed E-state index contributed by atoms with van der Waals surface area (Å²) in [6, 6.07) is 8.72. The van der Waals surface area contributed by atoms with E-state index in [1.165, 1.54) is 13.3 Å². The summed E-state index contributed by atoms with van der Waals surface area (Å²) in [4.78, 5) is 24.6. The Bertz CT molecular complexity index is 1060. The van der Waals surface area contributed by atoms with Crippen LogP contribution in [0.5, 0.6) is 0 Å². The molecular weight excluding hydrogens is 352 g/mol. The monoisotopic (exact) mass is 366 g/mol. The lowest BCUT2D eigenvalue weighted by atomic mass is 10.0. The van der Waals surface area contributed by atoms with Gasteiger partial charge >= 0.3 is 0 Å². The molecule has 0 fully saturated rings. The Balaban J connectivity index is 2.11. The fraction of sp³-hybridized carbons (Fsp3) is 0.167. The number of carbonyl (C=O) groups excluding carboxylic acids is 1. The molecule has 0 saturated heterocycles. The van der Waals surface area contributed by atoms with Crippen LogP contribution in [0, 0.1) is 11.3 Å². The molecule has 0 radical (unpaired) electrons. The van der Waals surface area contributed by atoms with Gasteiger partial charge in [0.1, 0.15) is 29.6 Å². The van der Waals surface area contributed by atoms with Crippen molar-refractivity contribution >= 4 is 39.9 Å². The van der Waals surface area contributed by atoms with Crippen LogP contribution in [-0.2, 0) is 0 Å². The summed E-state index contributed by atoms with van der Waals surface area (Å²) in [7, 11) is 0. The number of nitrogens with one attached hydrogen (secondary N) is 1. The molecule has 0 spiro atoms. The van der Waals surface area contributed by atoms with Crippen molar-refractivity contribution in [3.63, 3.8) is 0 Å². The quantitative estimate of drug-likeness (QED) is 0.678. The van der Waals surface area contributed by atoms with Crippen LogP contribution in [-0.4, -0.2) is 20.7 Å². The van der Waals surface area contributed by atoms with Gasteiger partial charge in [-0.1, -0.05) is 23.7 Å². The van der Waals surface area contributed by atoms with Crippen molar-refractivity contribution in [1.82, 2.24) is 15.0 Å². The van der Waals surface area contributed by atoms with E-state index in [9.17, 15) is 10.1 Å². The number of hydrogen-bond donors (Lipinski definition) is 2. The minimum Gasteiger partial charge on any atom is -0.382 e. The summed E-state index contributed by atoms with van der Waals surface area (Å²) >= 11 is 6.25. The number of nitrogen functional groups attached to an aromatic ring is 1. The fourth-order valence-corrected chi connectivity index (χ4v) is 2.91. The van der Waals surface area contributed by atoms with Crippen LogP contribution in [0.1, 0.15) is 41.5 Å². The molecule has 0 aliphatic rings. The normalized spacial score (nSPS) is 11.8. The number of carbonyl (C=O) groups is 1. The molecule has 26 heavy (non-hydrogen) atoms. The molecule has 0 bridgehead atoms. The minimum atomic E-state index is -0.420. The Labute approximate surface area is 154 Å². The lowest BCUT2D eigenvalue weighted by Crippen LogP contribution is -2.16. The third-order valence-electron chi connectivity index (χ3n) is 3.96. The molecule has 1 atom stereocenters. The average molecular weight is 367 g/mol. The number of nitrogens with two attached hydrogens (primary N) is 1. The van der Waals surface area contributed by atoms with E-state index in [4.69, 9.17) is 17.3 Å². The maximum absolute atomic E-state index is 12.1. The van der Waals surface area contributed by atoms with Gasteiger partial charge in [-0.2, -0.15) is 5.26 Å². The first-order valence-electron chi connectivity index (χ1n) is 7.79. The van der Waals surface area contributed by atoms with E-state index in [-0.39, 0.29) is 23.0 Å². The molecule has 8 heteroatoms. The first kappa shape index (κ1) is 17.6. The second-order valence-corrected chi connectivity index (χ2v) is 6.16. The molecule has 0 amide bonds. The van der Waals surface area contributed by atoms with Crippen LogP contribution < -0.4 is 11.1 Å². The van der Waals surface area contributed by atoms with Crippen LogP contribution in [0.3, 0.4) is 0 Å². The van der Waals surface area contributed by atoms with Crippen molar-refractivity contribution in [3.8, 4) is 6.07 Å². The molecule has 3 rings (SSSR count). The number of ketones is 1. The number of fused-ring (bicyclic) bond motifs is 1. The summed E-state index contributed by atoms with van der Waals surface area (Å²) in [5.74, 6) is 0.243. The highest BCUT2D eigenvalue weighted by molar-refractivity contribution is 6.35. The Morgan fingerprint density at radius 2 is 2.15 bits per heavy atom. The number of halogens is 1. The lowest BCUT2D eigenvalue weighted by molar-refractivity contribution is 0.101. The standard InChI is InChI=1S/C18H15ClN6O/c1-9(24-18-13(7-20)17(21)22-8-23-18)15-12(10(2)26)6-11-4-3-5-14(19)16(11)25-15/h3-6,8-9H,1-2H3,(H3,21,22,23,24)/t9-/m0/s1. The van der Waals surface area contributed by atoms with Crippen LogP contribution >= 0.6 is 11.6 Å². The molecule has 0 unspecified atom stereocenters. The van der Waals surface area contributed by atoms with Crippen molar-refractivity contribution in [1.29, 1.82) is 5.26 Å². The Hall–Kier alpha value is -3.24. The third-order valence-corrected chi connectivity index (χ3v) is 4.26. The zero-order valence-corrected chi connectivity index (χ0v) is 14.9. The highest BCUT2D eigenvalue weighted by Gasteiger charge is 2.20. The topological polar surface area (TPSA) is 118 Å². The second-order valence-electron chi connectivity index (χ2n) is 5.75. The van der Waals surface area contributed by atoms with Crippen molar-refractivity contribution in [2.75, 3.05) is 11.1 Å². The van der Waals surface area contributed by atoms with E-state index in [1.54, 1.807) is 18.2 Å². The number of hydrogen-bond acceptors (Lipinski definition) is 7. The van der Waals surface area contributed by atoms with Gasteiger partial charge in [0.15, 0.2) is 5.78 Å². The number of rotatable bonds is 4. The number of aromatic nitrogens is 3. The number of anilines is 2. The molecular formula is C18H15ClN6O.